The molecule has 0 aromatic heterocycles. The molecule has 1 heterocycles. The van der Waals surface area contributed by atoms with Crippen LogP contribution < -0.4 is 5.32 Å². The molecule has 2 amide bonds. The summed E-state index contributed by atoms with van der Waals surface area (Å²) in [5.74, 6) is -1.64. The van der Waals surface area contributed by atoms with Crippen LogP contribution in [-0.4, -0.2) is 48.3 Å². The first-order chi connectivity index (χ1) is 9.90. The van der Waals surface area contributed by atoms with Gasteiger partial charge in [-0.15, -0.1) is 0 Å². The van der Waals surface area contributed by atoms with E-state index in [2.05, 4.69) is 21.2 Å². The maximum absolute atomic E-state index is 12.3. The van der Waals surface area contributed by atoms with Crippen LogP contribution in [0.15, 0.2) is 22.7 Å². The molecule has 0 saturated carbocycles. The average Bonchev–Trinajstić information content (AvgIpc) is 2.91. The molecular formula is C14H17BrN2O4. The Bertz CT molecular complexity index is 564. The van der Waals surface area contributed by atoms with E-state index < -0.39 is 17.9 Å². The summed E-state index contributed by atoms with van der Waals surface area (Å²) >= 11 is 3.37. The third-order valence-corrected chi connectivity index (χ3v) is 4.24. The van der Waals surface area contributed by atoms with Gasteiger partial charge in [-0.05, 0) is 40.5 Å². The Morgan fingerprint density at radius 1 is 1.43 bits per heavy atom. The second kappa shape index (κ2) is 6.44. The largest absolute Gasteiger partial charge is 0.481 e. The van der Waals surface area contributed by atoms with Gasteiger partial charge >= 0.3 is 12.0 Å². The van der Waals surface area contributed by atoms with Gasteiger partial charge in [0.25, 0.3) is 0 Å². The van der Waals surface area contributed by atoms with Crippen LogP contribution in [0.4, 0.5) is 10.5 Å². The van der Waals surface area contributed by atoms with Gasteiger partial charge in [-0.25, -0.2) is 4.79 Å². The number of amides is 2. The Labute approximate surface area is 131 Å². The average molecular weight is 357 g/mol. The summed E-state index contributed by atoms with van der Waals surface area (Å²) in [6.07, 6.45) is 0. The number of anilines is 1. The minimum atomic E-state index is -0.950. The molecule has 2 unspecified atom stereocenters. The summed E-state index contributed by atoms with van der Waals surface area (Å²) in [6.45, 7) is 2.29. The molecule has 21 heavy (non-hydrogen) atoms. The molecule has 1 aromatic rings. The van der Waals surface area contributed by atoms with Crippen molar-refractivity contribution in [1.82, 2.24) is 4.90 Å². The van der Waals surface area contributed by atoms with Crippen molar-refractivity contribution >= 4 is 33.6 Å². The SMILES string of the molecule is Cc1ccc(Br)c(NC(=O)N(C)C2COCC2C(=O)O)c1. The molecule has 2 rings (SSSR count). The van der Waals surface area contributed by atoms with Crippen molar-refractivity contribution in [3.8, 4) is 0 Å². The fraction of sp³-hybridized carbons (Fsp3) is 0.429. The molecule has 1 saturated heterocycles. The number of aliphatic carboxylic acids is 1. The number of ether oxygens (including phenoxy) is 1. The second-order valence-corrected chi connectivity index (χ2v) is 5.93. The molecular weight excluding hydrogens is 340 g/mol. The van der Waals surface area contributed by atoms with Crippen LogP contribution in [0.2, 0.25) is 0 Å². The minimum Gasteiger partial charge on any atom is -0.481 e. The first kappa shape index (κ1) is 15.8. The van der Waals surface area contributed by atoms with Gasteiger partial charge in [0.1, 0.15) is 5.92 Å². The molecule has 2 N–H and O–H groups in total. The third kappa shape index (κ3) is 3.54. The fourth-order valence-corrected chi connectivity index (χ4v) is 2.60. The number of hydrogen-bond donors (Lipinski definition) is 2. The van der Waals surface area contributed by atoms with Gasteiger partial charge in [-0.2, -0.15) is 0 Å². The number of benzene rings is 1. The van der Waals surface area contributed by atoms with E-state index in [1.807, 2.05) is 25.1 Å². The van der Waals surface area contributed by atoms with E-state index in [1.54, 1.807) is 7.05 Å². The number of aryl methyl sites for hydroxylation is 1. The Balaban J connectivity index is 2.09. The predicted molar refractivity (Wildman–Crippen MR) is 81.4 cm³/mol. The summed E-state index contributed by atoms with van der Waals surface area (Å²) in [7, 11) is 1.58. The van der Waals surface area contributed by atoms with E-state index >= 15 is 0 Å². The van der Waals surface area contributed by atoms with E-state index in [9.17, 15) is 9.59 Å². The zero-order valence-electron chi connectivity index (χ0n) is 11.8. The molecule has 1 aromatic carbocycles. The molecule has 2 atom stereocenters. The highest BCUT2D eigenvalue weighted by Gasteiger charge is 2.38. The molecule has 114 valence electrons. The van der Waals surface area contributed by atoms with Crippen LogP contribution in [-0.2, 0) is 9.53 Å². The number of nitrogens with one attached hydrogen (secondary N) is 1. The summed E-state index contributed by atoms with van der Waals surface area (Å²) in [5.41, 5.74) is 1.67. The maximum atomic E-state index is 12.3. The zero-order valence-corrected chi connectivity index (χ0v) is 13.4. The maximum Gasteiger partial charge on any atom is 0.321 e. The summed E-state index contributed by atoms with van der Waals surface area (Å²) in [6, 6.07) is 4.79. The van der Waals surface area contributed by atoms with Crippen molar-refractivity contribution in [2.45, 2.75) is 13.0 Å². The summed E-state index contributed by atoms with van der Waals surface area (Å²) in [4.78, 5) is 24.8. The van der Waals surface area contributed by atoms with Crippen molar-refractivity contribution in [2.75, 3.05) is 25.6 Å². The van der Waals surface area contributed by atoms with Gasteiger partial charge in [0.2, 0.25) is 0 Å². The lowest BCUT2D eigenvalue weighted by molar-refractivity contribution is -0.142. The van der Waals surface area contributed by atoms with E-state index in [1.165, 1.54) is 4.90 Å². The number of halogens is 1. The van der Waals surface area contributed by atoms with Crippen LogP contribution >= 0.6 is 15.9 Å². The van der Waals surface area contributed by atoms with Crippen molar-refractivity contribution in [2.24, 2.45) is 5.92 Å². The van der Waals surface area contributed by atoms with Crippen molar-refractivity contribution in [3.63, 3.8) is 0 Å². The molecule has 0 radical (unpaired) electrons. The smallest absolute Gasteiger partial charge is 0.321 e. The normalized spacial score (nSPS) is 21.1. The number of carbonyl (C=O) groups excluding carboxylic acids is 1. The van der Waals surface area contributed by atoms with E-state index in [0.717, 1.165) is 10.0 Å². The highest BCUT2D eigenvalue weighted by molar-refractivity contribution is 9.10. The Hall–Kier alpha value is -1.60. The van der Waals surface area contributed by atoms with Crippen LogP contribution in [0.5, 0.6) is 0 Å². The number of rotatable bonds is 3. The molecule has 6 nitrogen and oxygen atoms in total. The van der Waals surface area contributed by atoms with E-state index in [4.69, 9.17) is 9.84 Å². The number of urea groups is 1. The number of hydrogen-bond acceptors (Lipinski definition) is 3. The molecule has 7 heteroatoms. The van der Waals surface area contributed by atoms with Gasteiger partial charge in [0.15, 0.2) is 0 Å². The van der Waals surface area contributed by atoms with Crippen LogP contribution in [0, 0.1) is 12.8 Å². The van der Waals surface area contributed by atoms with Gasteiger partial charge in [0.05, 0.1) is 24.9 Å². The quantitative estimate of drug-likeness (QED) is 0.870. The Morgan fingerprint density at radius 2 is 2.14 bits per heavy atom. The van der Waals surface area contributed by atoms with E-state index in [0.29, 0.717) is 5.69 Å². The highest BCUT2D eigenvalue weighted by Crippen LogP contribution is 2.25. The molecule has 0 bridgehead atoms. The fourth-order valence-electron chi connectivity index (χ4n) is 2.25. The zero-order chi connectivity index (χ0) is 15.6. The first-order valence-corrected chi connectivity index (χ1v) is 7.30. The van der Waals surface area contributed by atoms with Crippen molar-refractivity contribution < 1.29 is 19.4 Å². The topological polar surface area (TPSA) is 78.9 Å². The number of likely N-dealkylation sites (N-methyl/N-ethyl adjacent to an activating group) is 1. The molecule has 1 aliphatic heterocycles. The third-order valence-electron chi connectivity index (χ3n) is 3.55. The van der Waals surface area contributed by atoms with Crippen LogP contribution in [0.1, 0.15) is 5.56 Å². The number of carboxylic acid groups (broad SMARTS) is 1. The Kier molecular flexibility index (Phi) is 4.84. The lowest BCUT2D eigenvalue weighted by atomic mass is 10.0. The summed E-state index contributed by atoms with van der Waals surface area (Å²) < 4.78 is 5.95. The number of carbonyl (C=O) groups is 2. The second-order valence-electron chi connectivity index (χ2n) is 5.07. The van der Waals surface area contributed by atoms with Crippen LogP contribution in [0.25, 0.3) is 0 Å². The van der Waals surface area contributed by atoms with Gasteiger partial charge in [-0.1, -0.05) is 6.07 Å². The monoisotopic (exact) mass is 356 g/mol. The number of carboxylic acids is 1. The standard InChI is InChI=1S/C14H17BrN2O4/c1-8-3-4-10(15)11(5-8)16-14(20)17(2)12-7-21-6-9(12)13(18)19/h3-5,9,12H,6-7H2,1-2H3,(H,16,20)(H,18,19). The van der Waals surface area contributed by atoms with Gasteiger partial charge < -0.3 is 20.1 Å². The predicted octanol–water partition coefficient (Wildman–Crippen LogP) is 2.32. The summed E-state index contributed by atoms with van der Waals surface area (Å²) in [5, 5.41) is 11.9. The van der Waals surface area contributed by atoms with Crippen LogP contribution in [0.3, 0.4) is 0 Å². The molecule has 1 aliphatic rings. The van der Waals surface area contributed by atoms with Gasteiger partial charge in [0, 0.05) is 11.5 Å². The molecule has 1 fully saturated rings. The van der Waals surface area contributed by atoms with E-state index in [-0.39, 0.29) is 19.2 Å². The minimum absolute atomic E-state index is 0.131. The first-order valence-electron chi connectivity index (χ1n) is 6.50. The molecule has 0 spiro atoms. The highest BCUT2D eigenvalue weighted by atomic mass is 79.9. The number of nitrogens with zero attached hydrogens (tertiary/aromatic N) is 1. The lowest BCUT2D eigenvalue weighted by Gasteiger charge is -2.26. The van der Waals surface area contributed by atoms with Crippen molar-refractivity contribution in [3.05, 3.63) is 28.2 Å². The lowest BCUT2D eigenvalue weighted by Crippen LogP contribution is -2.46. The Morgan fingerprint density at radius 3 is 2.81 bits per heavy atom. The van der Waals surface area contributed by atoms with Gasteiger partial charge in [-0.3, -0.25) is 4.79 Å². The molecule has 0 aliphatic carbocycles. The van der Waals surface area contributed by atoms with Crippen molar-refractivity contribution in [1.29, 1.82) is 0 Å².